The van der Waals surface area contributed by atoms with Gasteiger partial charge in [-0.3, -0.25) is 9.78 Å². The molecule has 0 aliphatic carbocycles. The molecule has 9 heteroatoms. The summed E-state index contributed by atoms with van der Waals surface area (Å²) in [7, 11) is 0. The van der Waals surface area contributed by atoms with E-state index in [1.54, 1.807) is 29.7 Å². The molecular formula is C25H26N6O2S. The largest absolute Gasteiger partial charge is 0.417 e. The number of carbonyl (C=O) groups is 1. The van der Waals surface area contributed by atoms with Crippen LogP contribution in [0.3, 0.4) is 0 Å². The second kappa shape index (κ2) is 9.08. The maximum Gasteiger partial charge on any atom is 0.266 e. The molecule has 174 valence electrons. The fraction of sp³-hybridized carbons (Fsp3) is 0.320. The number of benzene rings is 1. The van der Waals surface area contributed by atoms with Crippen molar-refractivity contribution in [2.45, 2.75) is 44.7 Å². The standard InChI is InChI=1S/C25H26N6O2S/c1-16-15-34-22(28-16)20-9-6-12-31(20)23(32)18-10-11-27-19(13-18)21-29-30-24(33-21)25(2,26)14-17-7-4-3-5-8-17/h3-5,7-8,10-11,13,15,20H,6,9,12,14,26H2,1-2H3/t20-,25-/m1/s1. The molecular weight excluding hydrogens is 448 g/mol. The van der Waals surface area contributed by atoms with Crippen molar-refractivity contribution in [3.63, 3.8) is 0 Å². The first kappa shape index (κ1) is 22.4. The summed E-state index contributed by atoms with van der Waals surface area (Å²) in [5.41, 5.74) is 8.71. The molecule has 0 unspecified atom stereocenters. The number of hydrogen-bond donors (Lipinski definition) is 1. The van der Waals surface area contributed by atoms with E-state index in [1.807, 2.05) is 54.5 Å². The maximum atomic E-state index is 13.4. The summed E-state index contributed by atoms with van der Waals surface area (Å²) in [6.07, 6.45) is 4.02. The van der Waals surface area contributed by atoms with Gasteiger partial charge in [0.25, 0.3) is 11.8 Å². The quantitative estimate of drug-likeness (QED) is 0.444. The van der Waals surface area contributed by atoms with Gasteiger partial charge < -0.3 is 15.1 Å². The molecule has 34 heavy (non-hydrogen) atoms. The minimum atomic E-state index is -0.839. The van der Waals surface area contributed by atoms with E-state index in [0.29, 0.717) is 30.1 Å². The summed E-state index contributed by atoms with van der Waals surface area (Å²) >= 11 is 1.61. The lowest BCUT2D eigenvalue weighted by Gasteiger charge is -2.23. The fourth-order valence-electron chi connectivity index (χ4n) is 4.29. The number of pyridine rings is 1. The van der Waals surface area contributed by atoms with Gasteiger partial charge in [0.05, 0.1) is 11.6 Å². The molecule has 1 aromatic carbocycles. The minimum Gasteiger partial charge on any atom is -0.417 e. The van der Waals surface area contributed by atoms with E-state index < -0.39 is 5.54 Å². The van der Waals surface area contributed by atoms with Gasteiger partial charge in [-0.1, -0.05) is 30.3 Å². The molecule has 4 aromatic rings. The predicted molar refractivity (Wildman–Crippen MR) is 129 cm³/mol. The molecule has 0 saturated carbocycles. The topological polar surface area (TPSA) is 111 Å². The maximum absolute atomic E-state index is 13.4. The molecule has 8 nitrogen and oxygen atoms in total. The van der Waals surface area contributed by atoms with Crippen molar-refractivity contribution >= 4 is 17.2 Å². The summed E-state index contributed by atoms with van der Waals surface area (Å²) in [5, 5.41) is 11.4. The van der Waals surface area contributed by atoms with Crippen LogP contribution in [0.2, 0.25) is 0 Å². The Hall–Kier alpha value is -3.43. The first-order valence-electron chi connectivity index (χ1n) is 11.3. The van der Waals surface area contributed by atoms with Crippen molar-refractivity contribution in [1.82, 2.24) is 25.1 Å². The third-order valence-electron chi connectivity index (χ3n) is 5.99. The molecule has 4 heterocycles. The van der Waals surface area contributed by atoms with Crippen LogP contribution in [0.1, 0.15) is 58.3 Å². The van der Waals surface area contributed by atoms with Crippen molar-refractivity contribution in [3.05, 3.63) is 81.8 Å². The van der Waals surface area contributed by atoms with E-state index in [-0.39, 0.29) is 17.8 Å². The predicted octanol–water partition coefficient (Wildman–Crippen LogP) is 4.29. The molecule has 1 fully saturated rings. The van der Waals surface area contributed by atoms with Crippen molar-refractivity contribution < 1.29 is 9.21 Å². The first-order valence-corrected chi connectivity index (χ1v) is 12.1. The van der Waals surface area contributed by atoms with Gasteiger partial charge in [0, 0.05) is 29.4 Å². The summed E-state index contributed by atoms with van der Waals surface area (Å²) in [4.78, 5) is 24.2. The Balaban J connectivity index is 1.36. The molecule has 1 aliphatic rings. The molecule has 0 bridgehead atoms. The van der Waals surface area contributed by atoms with Gasteiger partial charge in [-0.15, -0.1) is 21.5 Å². The van der Waals surface area contributed by atoms with Gasteiger partial charge in [-0.2, -0.15) is 0 Å². The highest BCUT2D eigenvalue weighted by molar-refractivity contribution is 7.09. The van der Waals surface area contributed by atoms with Crippen LogP contribution in [0, 0.1) is 6.92 Å². The highest BCUT2D eigenvalue weighted by Gasteiger charge is 2.33. The van der Waals surface area contributed by atoms with E-state index in [0.717, 1.165) is 29.1 Å². The molecule has 2 N–H and O–H groups in total. The summed E-state index contributed by atoms with van der Waals surface area (Å²) in [6, 6.07) is 13.4. The molecule has 0 spiro atoms. The number of aromatic nitrogens is 4. The van der Waals surface area contributed by atoms with E-state index in [2.05, 4.69) is 20.2 Å². The number of nitrogens with two attached hydrogens (primary N) is 1. The van der Waals surface area contributed by atoms with Gasteiger partial charge in [0.15, 0.2) is 0 Å². The van der Waals surface area contributed by atoms with Gasteiger partial charge in [-0.05, 0) is 50.8 Å². The Morgan fingerprint density at radius 1 is 1.26 bits per heavy atom. The average Bonchev–Trinajstić information content (AvgIpc) is 3.59. The number of hydrogen-bond acceptors (Lipinski definition) is 8. The zero-order chi connectivity index (χ0) is 23.7. The molecule has 1 saturated heterocycles. The SMILES string of the molecule is Cc1csc([C@H]2CCCN2C(=O)c2ccnc(-c3nnc([C@](C)(N)Cc4ccccc4)o3)c2)n1. The molecule has 0 radical (unpaired) electrons. The summed E-state index contributed by atoms with van der Waals surface area (Å²) in [6.45, 7) is 4.54. The molecule has 1 aliphatic heterocycles. The Kier molecular flexibility index (Phi) is 5.97. The van der Waals surface area contributed by atoms with Crippen LogP contribution < -0.4 is 5.73 Å². The average molecular weight is 475 g/mol. The van der Waals surface area contributed by atoms with Gasteiger partial charge in [0.1, 0.15) is 10.7 Å². The Morgan fingerprint density at radius 2 is 2.09 bits per heavy atom. The van der Waals surface area contributed by atoms with Crippen molar-refractivity contribution in [2.24, 2.45) is 5.73 Å². The van der Waals surface area contributed by atoms with Crippen LogP contribution in [0.15, 0.2) is 58.5 Å². The number of likely N-dealkylation sites (tertiary alicyclic amines) is 1. The lowest BCUT2D eigenvalue weighted by atomic mass is 9.94. The zero-order valence-electron chi connectivity index (χ0n) is 19.1. The molecule has 2 atom stereocenters. The lowest BCUT2D eigenvalue weighted by molar-refractivity contribution is 0.0735. The van der Waals surface area contributed by atoms with Crippen LogP contribution in [-0.4, -0.2) is 37.5 Å². The van der Waals surface area contributed by atoms with E-state index in [9.17, 15) is 4.79 Å². The number of nitrogens with zero attached hydrogens (tertiary/aromatic N) is 5. The third kappa shape index (κ3) is 4.49. The monoisotopic (exact) mass is 474 g/mol. The summed E-state index contributed by atoms with van der Waals surface area (Å²) < 4.78 is 5.92. The van der Waals surface area contributed by atoms with Gasteiger partial charge >= 0.3 is 0 Å². The van der Waals surface area contributed by atoms with Crippen molar-refractivity contribution in [1.29, 1.82) is 0 Å². The van der Waals surface area contributed by atoms with Gasteiger partial charge in [-0.25, -0.2) is 4.98 Å². The van der Waals surface area contributed by atoms with Crippen molar-refractivity contribution in [2.75, 3.05) is 6.54 Å². The van der Waals surface area contributed by atoms with Crippen LogP contribution in [0.5, 0.6) is 0 Å². The molecule has 3 aromatic heterocycles. The molecule has 1 amide bonds. The van der Waals surface area contributed by atoms with E-state index >= 15 is 0 Å². The number of carbonyl (C=O) groups excluding carboxylic acids is 1. The first-order chi connectivity index (χ1) is 16.4. The molecule has 5 rings (SSSR count). The third-order valence-corrected chi connectivity index (χ3v) is 7.05. The smallest absolute Gasteiger partial charge is 0.266 e. The van der Waals surface area contributed by atoms with Crippen LogP contribution in [0.4, 0.5) is 0 Å². The van der Waals surface area contributed by atoms with Crippen molar-refractivity contribution in [3.8, 4) is 11.6 Å². The Bertz CT molecular complexity index is 1300. The minimum absolute atomic E-state index is 0.00811. The lowest BCUT2D eigenvalue weighted by Crippen LogP contribution is -2.35. The van der Waals surface area contributed by atoms with E-state index in [1.165, 1.54) is 0 Å². The number of thiazole rings is 1. The highest BCUT2D eigenvalue weighted by atomic mass is 32.1. The Morgan fingerprint density at radius 3 is 2.85 bits per heavy atom. The zero-order valence-corrected chi connectivity index (χ0v) is 20.0. The van der Waals surface area contributed by atoms with Crippen LogP contribution in [-0.2, 0) is 12.0 Å². The normalized spacial score (nSPS) is 17.6. The highest BCUT2D eigenvalue weighted by Crippen LogP contribution is 2.35. The second-order valence-corrected chi connectivity index (χ2v) is 9.80. The van der Waals surface area contributed by atoms with E-state index in [4.69, 9.17) is 10.2 Å². The summed E-state index contributed by atoms with van der Waals surface area (Å²) in [5.74, 6) is 0.512. The number of aryl methyl sites for hydroxylation is 1. The second-order valence-electron chi connectivity index (χ2n) is 8.91. The van der Waals surface area contributed by atoms with Crippen LogP contribution in [0.25, 0.3) is 11.6 Å². The Labute approximate surface area is 201 Å². The number of amides is 1. The fourth-order valence-corrected chi connectivity index (χ4v) is 5.23. The number of rotatable bonds is 6. The van der Waals surface area contributed by atoms with Gasteiger partial charge in [0.2, 0.25) is 5.89 Å². The van der Waals surface area contributed by atoms with Crippen LogP contribution >= 0.6 is 11.3 Å².